The first-order valence-corrected chi connectivity index (χ1v) is 9.02. The first kappa shape index (κ1) is 23.9. The van der Waals surface area contributed by atoms with Gasteiger partial charge in [0.1, 0.15) is 5.15 Å². The fourth-order valence-electron chi connectivity index (χ4n) is 2.79. The number of aromatic nitrogens is 1. The largest absolute Gasteiger partial charge is 0.416 e. The van der Waals surface area contributed by atoms with Crippen molar-refractivity contribution in [1.82, 2.24) is 9.88 Å². The molecule has 164 valence electrons. The maximum absolute atomic E-state index is 13.1. The van der Waals surface area contributed by atoms with E-state index in [9.17, 15) is 31.1 Å². The number of aliphatic hydroxyl groups excluding tert-OH is 1. The van der Waals surface area contributed by atoms with Crippen LogP contribution in [0, 0.1) is 6.92 Å². The number of hydrogen-bond acceptors (Lipinski definition) is 3. The van der Waals surface area contributed by atoms with Crippen LogP contribution in [0.15, 0.2) is 30.5 Å². The predicted molar refractivity (Wildman–Crippen MR) is 96.9 cm³/mol. The average molecular weight is 455 g/mol. The maximum atomic E-state index is 13.1. The molecular weight excluding hydrogens is 438 g/mol. The van der Waals surface area contributed by atoms with Gasteiger partial charge in [-0.3, -0.25) is 4.79 Å². The van der Waals surface area contributed by atoms with Gasteiger partial charge in [-0.1, -0.05) is 11.6 Å². The third-order valence-corrected chi connectivity index (χ3v) is 4.51. The van der Waals surface area contributed by atoms with Gasteiger partial charge in [-0.2, -0.15) is 26.3 Å². The average Bonchev–Trinajstić information content (AvgIpc) is 2.63. The first-order valence-electron chi connectivity index (χ1n) is 8.64. The molecule has 0 saturated heterocycles. The second-order valence-corrected chi connectivity index (χ2v) is 6.87. The highest BCUT2D eigenvalue weighted by Gasteiger charge is 2.37. The van der Waals surface area contributed by atoms with Gasteiger partial charge in [0, 0.05) is 25.9 Å². The van der Waals surface area contributed by atoms with E-state index in [1.54, 1.807) is 6.92 Å². The third kappa shape index (κ3) is 5.85. The van der Waals surface area contributed by atoms with Crippen molar-refractivity contribution < 1.29 is 36.2 Å². The lowest BCUT2D eigenvalue weighted by Gasteiger charge is -2.25. The Hall–Kier alpha value is -2.33. The van der Waals surface area contributed by atoms with Crippen LogP contribution >= 0.6 is 11.6 Å². The van der Waals surface area contributed by atoms with Gasteiger partial charge < -0.3 is 10.0 Å². The number of aryl methyl sites for hydroxylation is 1. The molecule has 1 aromatic carbocycles. The second-order valence-electron chi connectivity index (χ2n) is 6.51. The molecule has 0 radical (unpaired) electrons. The number of carbonyl (C=O) groups is 1. The molecule has 1 N–H and O–H groups in total. The normalized spacial score (nSPS) is 12.2. The number of carbonyl (C=O) groups excluding carboxylic acids is 1. The van der Waals surface area contributed by atoms with Crippen LogP contribution in [0.25, 0.3) is 0 Å². The van der Waals surface area contributed by atoms with Crippen molar-refractivity contribution in [2.24, 2.45) is 0 Å². The lowest BCUT2D eigenvalue weighted by molar-refractivity contribution is -0.143. The van der Waals surface area contributed by atoms with E-state index < -0.39 is 35.9 Å². The highest BCUT2D eigenvalue weighted by molar-refractivity contribution is 6.32. The number of alkyl halides is 6. The number of amides is 1. The Bertz CT molecular complexity index is 862. The molecule has 1 aromatic heterocycles. The van der Waals surface area contributed by atoms with Crippen LogP contribution < -0.4 is 0 Å². The molecule has 0 unspecified atom stereocenters. The Labute approximate surface area is 173 Å². The number of pyridine rings is 1. The maximum Gasteiger partial charge on any atom is 0.416 e. The number of benzene rings is 1. The molecule has 0 aliphatic heterocycles. The number of halogens is 7. The fourth-order valence-corrected chi connectivity index (χ4v) is 3.07. The quantitative estimate of drug-likeness (QED) is 0.488. The minimum atomic E-state index is -5.00. The third-order valence-electron chi connectivity index (χ3n) is 4.22. The molecule has 0 fully saturated rings. The first-order chi connectivity index (χ1) is 13.8. The summed E-state index contributed by atoms with van der Waals surface area (Å²) in [6, 6.07) is 2.64. The van der Waals surface area contributed by atoms with Gasteiger partial charge in [0.05, 0.1) is 16.7 Å². The molecule has 30 heavy (non-hydrogen) atoms. The van der Waals surface area contributed by atoms with E-state index >= 15 is 0 Å². The van der Waals surface area contributed by atoms with Gasteiger partial charge in [-0.15, -0.1) is 0 Å². The summed E-state index contributed by atoms with van der Waals surface area (Å²) in [6.45, 7) is 0.574. The van der Waals surface area contributed by atoms with Gasteiger partial charge in [-0.05, 0) is 48.7 Å². The van der Waals surface area contributed by atoms with Gasteiger partial charge >= 0.3 is 12.4 Å². The molecule has 1 amide bonds. The zero-order valence-electron chi connectivity index (χ0n) is 15.6. The Morgan fingerprint density at radius 2 is 1.67 bits per heavy atom. The summed E-state index contributed by atoms with van der Waals surface area (Å²) in [6.07, 6.45) is -8.58. The summed E-state index contributed by atoms with van der Waals surface area (Å²) >= 11 is 5.97. The van der Waals surface area contributed by atoms with E-state index in [0.29, 0.717) is 17.7 Å². The molecule has 0 aliphatic carbocycles. The number of hydrogen-bond donors (Lipinski definition) is 1. The molecule has 4 nitrogen and oxygen atoms in total. The summed E-state index contributed by atoms with van der Waals surface area (Å²) in [5, 5.41) is 8.93. The summed E-state index contributed by atoms with van der Waals surface area (Å²) in [4.78, 5) is 17.8. The van der Waals surface area contributed by atoms with Crippen molar-refractivity contribution in [2.75, 3.05) is 13.2 Å². The van der Waals surface area contributed by atoms with E-state index in [0.717, 1.165) is 4.90 Å². The van der Waals surface area contributed by atoms with Gasteiger partial charge in [-0.25, -0.2) is 4.98 Å². The smallest absolute Gasteiger partial charge is 0.396 e. The number of aliphatic hydroxyl groups is 1. The zero-order chi connectivity index (χ0) is 22.7. The molecule has 11 heteroatoms. The molecule has 0 bridgehead atoms. The van der Waals surface area contributed by atoms with Crippen molar-refractivity contribution in [3.05, 3.63) is 63.4 Å². The van der Waals surface area contributed by atoms with Crippen molar-refractivity contribution >= 4 is 17.5 Å². The van der Waals surface area contributed by atoms with Crippen LogP contribution in [0.3, 0.4) is 0 Å². The minimum absolute atomic E-state index is 0.0138. The zero-order valence-corrected chi connectivity index (χ0v) is 16.4. The molecule has 0 saturated carbocycles. The fraction of sp³-hybridized carbons (Fsp3) is 0.368. The van der Waals surface area contributed by atoms with Crippen LogP contribution in [0.2, 0.25) is 5.15 Å². The SMILES string of the molecule is Cc1ccnc(Cl)c1C(=O)N(CCCO)Cc1cc(C(F)(F)F)cc(C(F)(F)F)c1. The highest BCUT2D eigenvalue weighted by Crippen LogP contribution is 2.36. The molecule has 0 aliphatic rings. The van der Waals surface area contributed by atoms with Crippen molar-refractivity contribution in [2.45, 2.75) is 32.2 Å². The minimum Gasteiger partial charge on any atom is -0.396 e. The summed E-state index contributed by atoms with van der Waals surface area (Å²) < 4.78 is 78.6. The monoisotopic (exact) mass is 454 g/mol. The Kier molecular flexibility index (Phi) is 7.36. The highest BCUT2D eigenvalue weighted by atomic mass is 35.5. The van der Waals surface area contributed by atoms with Crippen molar-refractivity contribution in [1.29, 1.82) is 0 Å². The molecule has 2 rings (SSSR count). The van der Waals surface area contributed by atoms with Crippen LogP contribution in [-0.2, 0) is 18.9 Å². The van der Waals surface area contributed by atoms with E-state index in [2.05, 4.69) is 4.98 Å². The van der Waals surface area contributed by atoms with E-state index in [1.807, 2.05) is 0 Å². The summed E-state index contributed by atoms with van der Waals surface area (Å²) in [5.41, 5.74) is -2.88. The molecular formula is C19H17ClF6N2O2. The Morgan fingerprint density at radius 1 is 1.10 bits per heavy atom. The lowest BCUT2D eigenvalue weighted by Crippen LogP contribution is -2.33. The summed E-state index contributed by atoms with van der Waals surface area (Å²) in [7, 11) is 0. The number of rotatable bonds is 6. The van der Waals surface area contributed by atoms with Gasteiger partial charge in [0.15, 0.2) is 0 Å². The Balaban J connectivity index is 2.49. The van der Waals surface area contributed by atoms with E-state index in [4.69, 9.17) is 16.7 Å². The van der Waals surface area contributed by atoms with Crippen LogP contribution in [0.5, 0.6) is 0 Å². The molecule has 0 atom stereocenters. The van der Waals surface area contributed by atoms with Gasteiger partial charge in [0.25, 0.3) is 5.91 Å². The summed E-state index contributed by atoms with van der Waals surface area (Å²) in [5.74, 6) is -0.718. The predicted octanol–water partition coefficient (Wildman–Crippen LogP) is 5.11. The Morgan fingerprint density at radius 3 is 2.13 bits per heavy atom. The molecule has 1 heterocycles. The standard InChI is InChI=1S/C19H17ClF6N2O2/c1-11-3-4-27-16(20)15(11)17(30)28(5-2-6-29)10-12-7-13(18(21,22)23)9-14(8-12)19(24,25)26/h3-4,7-9,29H,2,5-6,10H2,1H3. The number of nitrogens with zero attached hydrogens (tertiary/aromatic N) is 2. The van der Waals surface area contributed by atoms with Crippen LogP contribution in [0.1, 0.15) is 39.0 Å². The van der Waals surface area contributed by atoms with Crippen LogP contribution in [-0.4, -0.2) is 34.0 Å². The van der Waals surface area contributed by atoms with Crippen molar-refractivity contribution in [3.8, 4) is 0 Å². The van der Waals surface area contributed by atoms with E-state index in [1.165, 1.54) is 12.3 Å². The van der Waals surface area contributed by atoms with Crippen molar-refractivity contribution in [3.63, 3.8) is 0 Å². The topological polar surface area (TPSA) is 53.4 Å². The molecule has 0 spiro atoms. The van der Waals surface area contributed by atoms with E-state index in [-0.39, 0.29) is 41.9 Å². The van der Waals surface area contributed by atoms with Gasteiger partial charge in [0.2, 0.25) is 0 Å². The second kappa shape index (κ2) is 9.22. The lowest BCUT2D eigenvalue weighted by atomic mass is 10.0. The van der Waals surface area contributed by atoms with Crippen LogP contribution in [0.4, 0.5) is 26.3 Å². The molecule has 2 aromatic rings.